The lowest BCUT2D eigenvalue weighted by Crippen LogP contribution is -2.63. The Morgan fingerprint density at radius 3 is 2.95 bits per heavy atom. The molecule has 0 atom stereocenters. The van der Waals surface area contributed by atoms with E-state index in [1.807, 2.05) is 37.4 Å². The van der Waals surface area contributed by atoms with Crippen LogP contribution in [0, 0.1) is 0 Å². The summed E-state index contributed by atoms with van der Waals surface area (Å²) in [6.45, 7) is 2.94. The number of carbonyl (C=O) groups excluding carboxylic acids is 1. The molecule has 2 heterocycles. The Morgan fingerprint density at radius 2 is 2.21 bits per heavy atom. The zero-order valence-corrected chi connectivity index (χ0v) is 11.0. The van der Waals surface area contributed by atoms with Crippen LogP contribution >= 0.6 is 0 Å². The first-order valence-corrected chi connectivity index (χ1v) is 6.70. The molecule has 2 aromatic rings. The fraction of sp³-hybridized carbons (Fsp3) is 0.400. The molecule has 1 aliphatic heterocycles. The molecule has 1 amide bonds. The Hall–Kier alpha value is -1.81. The van der Waals surface area contributed by atoms with Crippen LogP contribution in [0.4, 0.5) is 0 Å². The highest BCUT2D eigenvalue weighted by atomic mass is 16.3. The van der Waals surface area contributed by atoms with E-state index in [2.05, 4.69) is 4.98 Å². The number of hydrogen-bond donors (Lipinski definition) is 2. The number of hydrogen-bond acceptors (Lipinski definition) is 2. The topological polar surface area (TPSA) is 56.3 Å². The van der Waals surface area contributed by atoms with Gasteiger partial charge in [-0.1, -0.05) is 13.3 Å². The molecule has 0 saturated carbocycles. The summed E-state index contributed by atoms with van der Waals surface area (Å²) in [6, 6.07) is 7.60. The second-order valence-electron chi connectivity index (χ2n) is 5.42. The van der Waals surface area contributed by atoms with Gasteiger partial charge in [0.2, 0.25) is 0 Å². The van der Waals surface area contributed by atoms with Gasteiger partial charge in [-0.2, -0.15) is 0 Å². The van der Waals surface area contributed by atoms with Gasteiger partial charge in [0.05, 0.1) is 18.7 Å². The van der Waals surface area contributed by atoms with Gasteiger partial charge in [0.15, 0.2) is 0 Å². The molecule has 3 rings (SSSR count). The summed E-state index contributed by atoms with van der Waals surface area (Å²) >= 11 is 0. The second kappa shape index (κ2) is 4.38. The molecule has 0 bridgehead atoms. The van der Waals surface area contributed by atoms with Crippen LogP contribution in [0.15, 0.2) is 30.5 Å². The lowest BCUT2D eigenvalue weighted by molar-refractivity contribution is -0.0860. The van der Waals surface area contributed by atoms with Crippen LogP contribution in [0.25, 0.3) is 10.9 Å². The van der Waals surface area contributed by atoms with Crippen molar-refractivity contribution >= 4 is 16.8 Å². The fourth-order valence-corrected chi connectivity index (χ4v) is 2.80. The van der Waals surface area contributed by atoms with Crippen LogP contribution in [0.1, 0.15) is 30.1 Å². The average Bonchev–Trinajstić information content (AvgIpc) is 2.82. The number of benzene rings is 1. The minimum atomic E-state index is -0.664. The van der Waals surface area contributed by atoms with E-state index in [0.29, 0.717) is 18.7 Å². The number of aromatic amines is 1. The van der Waals surface area contributed by atoms with Crippen molar-refractivity contribution in [1.29, 1.82) is 0 Å². The molecule has 0 spiro atoms. The number of amides is 1. The monoisotopic (exact) mass is 258 g/mol. The highest BCUT2D eigenvalue weighted by Crippen LogP contribution is 2.27. The quantitative estimate of drug-likeness (QED) is 0.886. The maximum absolute atomic E-state index is 12.3. The Labute approximate surface area is 112 Å². The number of carbonyl (C=O) groups is 1. The van der Waals surface area contributed by atoms with E-state index < -0.39 is 5.60 Å². The van der Waals surface area contributed by atoms with Crippen molar-refractivity contribution in [3.05, 3.63) is 36.0 Å². The molecule has 19 heavy (non-hydrogen) atoms. The Balaban J connectivity index is 1.74. The number of aliphatic hydroxyl groups is 1. The molecule has 4 nitrogen and oxygen atoms in total. The van der Waals surface area contributed by atoms with E-state index in [-0.39, 0.29) is 5.91 Å². The largest absolute Gasteiger partial charge is 0.386 e. The average molecular weight is 258 g/mol. The van der Waals surface area contributed by atoms with Crippen molar-refractivity contribution in [1.82, 2.24) is 9.88 Å². The third-order valence-electron chi connectivity index (χ3n) is 3.77. The maximum atomic E-state index is 12.3. The van der Waals surface area contributed by atoms with Crippen molar-refractivity contribution in [2.24, 2.45) is 0 Å². The molecule has 0 radical (unpaired) electrons. The number of rotatable bonds is 3. The molecule has 0 aliphatic carbocycles. The van der Waals surface area contributed by atoms with Crippen LogP contribution < -0.4 is 0 Å². The fourth-order valence-electron chi connectivity index (χ4n) is 2.80. The molecule has 1 fully saturated rings. The lowest BCUT2D eigenvalue weighted by Gasteiger charge is -2.46. The third-order valence-corrected chi connectivity index (χ3v) is 3.77. The molecule has 1 aromatic carbocycles. The maximum Gasteiger partial charge on any atom is 0.254 e. The predicted octanol–water partition coefficient (Wildman–Crippen LogP) is 2.15. The summed E-state index contributed by atoms with van der Waals surface area (Å²) in [6.07, 6.45) is 3.56. The van der Waals surface area contributed by atoms with Crippen LogP contribution in [0.3, 0.4) is 0 Å². The smallest absolute Gasteiger partial charge is 0.254 e. The molecule has 4 heteroatoms. The zero-order valence-electron chi connectivity index (χ0n) is 11.0. The molecule has 0 unspecified atom stereocenters. The van der Waals surface area contributed by atoms with Crippen molar-refractivity contribution in [2.75, 3.05) is 13.1 Å². The molecule has 100 valence electrons. The lowest BCUT2D eigenvalue weighted by atomic mass is 9.88. The van der Waals surface area contributed by atoms with Crippen molar-refractivity contribution in [3.63, 3.8) is 0 Å². The SMILES string of the molecule is CCCC1(O)CN(C(=O)c2ccc3[nH]ccc3c2)C1. The summed E-state index contributed by atoms with van der Waals surface area (Å²) in [4.78, 5) is 17.1. The Bertz CT molecular complexity index is 611. The first kappa shape index (κ1) is 12.2. The summed E-state index contributed by atoms with van der Waals surface area (Å²) in [5.41, 5.74) is 1.05. The van der Waals surface area contributed by atoms with Gasteiger partial charge < -0.3 is 15.0 Å². The van der Waals surface area contributed by atoms with Gasteiger partial charge >= 0.3 is 0 Å². The molecular formula is C15H18N2O2. The first-order chi connectivity index (χ1) is 9.11. The second-order valence-corrected chi connectivity index (χ2v) is 5.42. The third kappa shape index (κ3) is 2.12. The Kier molecular flexibility index (Phi) is 2.82. The van der Waals surface area contributed by atoms with Gasteiger partial charge in [-0.15, -0.1) is 0 Å². The summed E-state index contributed by atoms with van der Waals surface area (Å²) < 4.78 is 0. The van der Waals surface area contributed by atoms with Gasteiger partial charge in [0.1, 0.15) is 0 Å². The van der Waals surface area contributed by atoms with Gasteiger partial charge in [-0.25, -0.2) is 0 Å². The highest BCUT2D eigenvalue weighted by molar-refractivity contribution is 5.98. The number of nitrogens with zero attached hydrogens (tertiary/aromatic N) is 1. The summed E-state index contributed by atoms with van der Waals surface area (Å²) in [7, 11) is 0. The van der Waals surface area contributed by atoms with Crippen molar-refractivity contribution in [2.45, 2.75) is 25.4 Å². The molecule has 1 aromatic heterocycles. The molecule has 2 N–H and O–H groups in total. The van der Waals surface area contributed by atoms with Gasteiger partial charge in [0.25, 0.3) is 5.91 Å². The standard InChI is InChI=1S/C15H18N2O2/c1-2-6-15(19)9-17(10-15)14(18)12-3-4-13-11(8-12)5-7-16-13/h3-5,7-8,16,19H,2,6,9-10H2,1H3. The normalized spacial score (nSPS) is 17.5. The summed E-state index contributed by atoms with van der Waals surface area (Å²) in [5, 5.41) is 11.2. The van der Waals surface area contributed by atoms with E-state index >= 15 is 0 Å². The van der Waals surface area contributed by atoms with Crippen molar-refractivity contribution < 1.29 is 9.90 Å². The number of β-amino-alcohol motifs (C(OH)–C–C–N with tert-alkyl or cyclic N) is 1. The van der Waals surface area contributed by atoms with E-state index in [1.54, 1.807) is 4.90 Å². The van der Waals surface area contributed by atoms with Crippen LogP contribution in [0.5, 0.6) is 0 Å². The molecule has 1 saturated heterocycles. The number of H-pyrrole nitrogens is 1. The van der Waals surface area contributed by atoms with E-state index in [0.717, 1.165) is 23.7 Å². The van der Waals surface area contributed by atoms with Crippen LogP contribution in [-0.4, -0.2) is 39.6 Å². The summed E-state index contributed by atoms with van der Waals surface area (Å²) in [5.74, 6) is 0.00359. The minimum Gasteiger partial charge on any atom is -0.386 e. The molecular weight excluding hydrogens is 240 g/mol. The van der Waals surface area contributed by atoms with Gasteiger partial charge in [-0.05, 0) is 30.7 Å². The van der Waals surface area contributed by atoms with Crippen LogP contribution in [0.2, 0.25) is 0 Å². The predicted molar refractivity (Wildman–Crippen MR) is 74.1 cm³/mol. The van der Waals surface area contributed by atoms with Gasteiger partial charge in [0, 0.05) is 22.7 Å². The van der Waals surface area contributed by atoms with E-state index in [1.165, 1.54) is 0 Å². The number of nitrogens with one attached hydrogen (secondary N) is 1. The first-order valence-electron chi connectivity index (χ1n) is 6.70. The number of likely N-dealkylation sites (tertiary alicyclic amines) is 1. The van der Waals surface area contributed by atoms with E-state index in [9.17, 15) is 9.90 Å². The number of aromatic nitrogens is 1. The van der Waals surface area contributed by atoms with E-state index in [4.69, 9.17) is 0 Å². The minimum absolute atomic E-state index is 0.00359. The Morgan fingerprint density at radius 1 is 1.42 bits per heavy atom. The van der Waals surface area contributed by atoms with Gasteiger partial charge in [-0.3, -0.25) is 4.79 Å². The number of fused-ring (bicyclic) bond motifs is 1. The molecule has 1 aliphatic rings. The van der Waals surface area contributed by atoms with Crippen molar-refractivity contribution in [3.8, 4) is 0 Å². The zero-order chi connectivity index (χ0) is 13.5. The van der Waals surface area contributed by atoms with Crippen LogP contribution in [-0.2, 0) is 0 Å². The highest BCUT2D eigenvalue weighted by Gasteiger charge is 2.42.